The van der Waals surface area contributed by atoms with Crippen LogP contribution in [0.5, 0.6) is 11.5 Å². The maximum Gasteiger partial charge on any atom is 0.220 e. The second-order valence-corrected chi connectivity index (χ2v) is 15.0. The summed E-state index contributed by atoms with van der Waals surface area (Å²) < 4.78 is 12.9. The van der Waals surface area contributed by atoms with Gasteiger partial charge in [0.25, 0.3) is 0 Å². The topological polar surface area (TPSA) is 85.4 Å². The fourth-order valence-electron chi connectivity index (χ4n) is 8.78. The molecule has 1 heterocycles. The number of nitrogens with zero attached hydrogens (tertiary/aromatic N) is 2. The Bertz CT molecular complexity index is 1460. The van der Waals surface area contributed by atoms with E-state index in [-0.39, 0.29) is 11.9 Å². The Morgan fingerprint density at radius 2 is 1.69 bits per heavy atom. The molecule has 45 heavy (non-hydrogen) atoms. The molecule has 4 fully saturated rings. The normalized spacial score (nSPS) is 24.0. The number of nitrogens with one attached hydrogen (secondary N) is 2. The predicted octanol–water partition coefficient (Wildman–Crippen LogP) is 8.93. The molecule has 242 valence electrons. The molecule has 7 nitrogen and oxygen atoms in total. The Kier molecular flexibility index (Phi) is 10.2. The number of hydrogen-bond donors (Lipinski definition) is 2. The average Bonchev–Trinajstić information content (AvgIpc) is 2.98. The average molecular weight is 678 g/mol. The molecule has 0 aliphatic heterocycles. The highest BCUT2D eigenvalue weighted by Gasteiger charge is 2.51. The number of carbonyl (C=O) groups is 1. The number of unbranched alkanes of at least 4 members (excludes halogenated alkanes) is 4. The molecule has 7 rings (SSSR count). The predicted molar refractivity (Wildman–Crippen MR) is 184 cm³/mol. The lowest BCUT2D eigenvalue weighted by Crippen LogP contribution is -2.48. The minimum atomic E-state index is 0.0598. The van der Waals surface area contributed by atoms with Gasteiger partial charge in [-0.1, -0.05) is 47.3 Å². The number of aryl methyl sites for hydroxylation is 1. The van der Waals surface area contributed by atoms with E-state index >= 15 is 0 Å². The molecule has 2 N–H and O–H groups in total. The highest BCUT2D eigenvalue weighted by atomic mass is 79.9. The van der Waals surface area contributed by atoms with E-state index in [4.69, 9.17) is 19.4 Å². The van der Waals surface area contributed by atoms with E-state index in [0.717, 1.165) is 89.6 Å². The van der Waals surface area contributed by atoms with Crippen LogP contribution >= 0.6 is 15.9 Å². The van der Waals surface area contributed by atoms with Gasteiger partial charge in [-0.2, -0.15) is 0 Å². The molecule has 4 aliphatic carbocycles. The Morgan fingerprint density at radius 1 is 0.978 bits per heavy atom. The van der Waals surface area contributed by atoms with Crippen LogP contribution < -0.4 is 20.1 Å². The summed E-state index contributed by atoms with van der Waals surface area (Å²) in [5.41, 5.74) is 2.32. The van der Waals surface area contributed by atoms with E-state index in [2.05, 4.69) is 45.6 Å². The van der Waals surface area contributed by atoms with Crippen LogP contribution in [0.2, 0.25) is 0 Å². The van der Waals surface area contributed by atoms with Crippen LogP contribution in [-0.2, 0) is 4.79 Å². The van der Waals surface area contributed by atoms with Crippen molar-refractivity contribution in [3.05, 3.63) is 52.3 Å². The summed E-state index contributed by atoms with van der Waals surface area (Å²) in [6, 6.07) is 12.3. The molecule has 2 aromatic carbocycles. The summed E-state index contributed by atoms with van der Waals surface area (Å²) >= 11 is 3.57. The van der Waals surface area contributed by atoms with Gasteiger partial charge in [0, 0.05) is 28.9 Å². The van der Waals surface area contributed by atoms with Crippen molar-refractivity contribution in [2.75, 3.05) is 25.6 Å². The monoisotopic (exact) mass is 676 g/mol. The van der Waals surface area contributed by atoms with Gasteiger partial charge < -0.3 is 20.1 Å². The van der Waals surface area contributed by atoms with Gasteiger partial charge in [0.2, 0.25) is 5.91 Å². The first-order valence-corrected chi connectivity index (χ1v) is 17.9. The van der Waals surface area contributed by atoms with Crippen LogP contribution in [0.1, 0.15) is 101 Å². The number of fused-ring (bicyclic) bond motifs is 1. The van der Waals surface area contributed by atoms with Gasteiger partial charge in [0.1, 0.15) is 11.6 Å². The molecule has 0 saturated heterocycles. The standard InChI is InChI=1S/C37H49BrN4O3/c1-24(29-10-9-11-30(38)17-29)40-36-31-18-33(44-3)34(19-32(31)41-25(2)42-36)45-13-8-6-4-5-7-12-39-35(43)23-37-20-26-14-27(21-37)16-28(15-26)22-37/h9-11,17-19,24,26-28H,4-8,12-16,20-23H2,1-3H3,(H,39,43)(H,40,41,42)/t24-,26?,27?,28?,37?/m1/s1. The summed E-state index contributed by atoms with van der Waals surface area (Å²) in [6.07, 6.45) is 14.4. The number of benzene rings is 2. The van der Waals surface area contributed by atoms with Crippen molar-refractivity contribution in [2.24, 2.45) is 23.2 Å². The number of anilines is 1. The molecule has 3 aromatic rings. The van der Waals surface area contributed by atoms with Gasteiger partial charge >= 0.3 is 0 Å². The number of methoxy groups -OCH3 is 1. The molecule has 4 saturated carbocycles. The Balaban J connectivity index is 0.924. The molecule has 1 atom stereocenters. The first-order chi connectivity index (χ1) is 21.8. The summed E-state index contributed by atoms with van der Waals surface area (Å²) in [4.78, 5) is 22.2. The van der Waals surface area contributed by atoms with Gasteiger partial charge in [0.15, 0.2) is 11.5 Å². The lowest BCUT2D eigenvalue weighted by molar-refractivity contribution is -0.129. The van der Waals surface area contributed by atoms with Crippen LogP contribution in [0.15, 0.2) is 40.9 Å². The van der Waals surface area contributed by atoms with Crippen LogP contribution in [-0.4, -0.2) is 36.1 Å². The van der Waals surface area contributed by atoms with Crippen LogP contribution in [0.4, 0.5) is 5.82 Å². The van der Waals surface area contributed by atoms with Crippen molar-refractivity contribution < 1.29 is 14.3 Å². The molecule has 0 spiro atoms. The van der Waals surface area contributed by atoms with E-state index in [1.54, 1.807) is 7.11 Å². The number of carbonyl (C=O) groups excluding carboxylic acids is 1. The molecule has 1 amide bonds. The van der Waals surface area contributed by atoms with E-state index in [1.807, 2.05) is 31.2 Å². The number of ether oxygens (including phenoxy) is 2. The van der Waals surface area contributed by atoms with Crippen LogP contribution in [0.25, 0.3) is 10.9 Å². The summed E-state index contributed by atoms with van der Waals surface area (Å²) in [7, 11) is 1.67. The minimum Gasteiger partial charge on any atom is -0.493 e. The fraction of sp³-hybridized carbons (Fsp3) is 0.595. The van der Waals surface area contributed by atoms with Crippen molar-refractivity contribution >= 4 is 38.6 Å². The molecular weight excluding hydrogens is 628 g/mol. The molecule has 1 aromatic heterocycles. The zero-order chi connectivity index (χ0) is 31.4. The van der Waals surface area contributed by atoms with Crippen molar-refractivity contribution in [2.45, 2.75) is 96.9 Å². The lowest BCUT2D eigenvalue weighted by Gasteiger charge is -2.56. The first-order valence-electron chi connectivity index (χ1n) is 17.1. The van der Waals surface area contributed by atoms with E-state index in [0.29, 0.717) is 29.3 Å². The third-order valence-corrected chi connectivity index (χ3v) is 10.9. The van der Waals surface area contributed by atoms with Crippen LogP contribution in [0, 0.1) is 30.1 Å². The first kappa shape index (κ1) is 32.1. The maximum atomic E-state index is 12.8. The van der Waals surface area contributed by atoms with Crippen molar-refractivity contribution in [1.29, 1.82) is 0 Å². The molecular formula is C37H49BrN4O3. The van der Waals surface area contributed by atoms with Gasteiger partial charge in [-0.25, -0.2) is 9.97 Å². The summed E-state index contributed by atoms with van der Waals surface area (Å²) in [6.45, 7) is 5.46. The number of halogens is 1. The summed E-state index contributed by atoms with van der Waals surface area (Å²) in [5, 5.41) is 7.71. The van der Waals surface area contributed by atoms with Gasteiger partial charge in [-0.15, -0.1) is 0 Å². The van der Waals surface area contributed by atoms with Gasteiger partial charge in [-0.05, 0) is 112 Å². The second kappa shape index (κ2) is 14.3. The van der Waals surface area contributed by atoms with Crippen LogP contribution in [0.3, 0.4) is 0 Å². The number of rotatable bonds is 15. The molecule has 0 radical (unpaired) electrons. The summed E-state index contributed by atoms with van der Waals surface area (Å²) in [5.74, 6) is 5.86. The fourth-order valence-corrected chi connectivity index (χ4v) is 9.19. The van der Waals surface area contributed by atoms with E-state index in [1.165, 1.54) is 38.5 Å². The maximum absolute atomic E-state index is 12.8. The van der Waals surface area contributed by atoms with Crippen molar-refractivity contribution in [3.8, 4) is 11.5 Å². The highest BCUT2D eigenvalue weighted by Crippen LogP contribution is 2.61. The SMILES string of the molecule is COc1cc2c(N[C@H](C)c3cccc(Br)c3)nc(C)nc2cc1OCCCCCCCNC(=O)CC12CC3CC(CC(C3)C1)C2. The van der Waals surface area contributed by atoms with Gasteiger partial charge in [-0.3, -0.25) is 4.79 Å². The smallest absolute Gasteiger partial charge is 0.220 e. The number of hydrogen-bond acceptors (Lipinski definition) is 6. The van der Waals surface area contributed by atoms with E-state index < -0.39 is 0 Å². The number of amides is 1. The minimum absolute atomic E-state index is 0.0598. The van der Waals surface area contributed by atoms with Crippen molar-refractivity contribution in [1.82, 2.24) is 15.3 Å². The van der Waals surface area contributed by atoms with Crippen molar-refractivity contribution in [3.63, 3.8) is 0 Å². The highest BCUT2D eigenvalue weighted by molar-refractivity contribution is 9.10. The Morgan fingerprint density at radius 3 is 2.40 bits per heavy atom. The van der Waals surface area contributed by atoms with Gasteiger partial charge in [0.05, 0.1) is 25.3 Å². The lowest BCUT2D eigenvalue weighted by atomic mass is 9.49. The molecule has 8 heteroatoms. The second-order valence-electron chi connectivity index (χ2n) is 14.1. The Hall–Kier alpha value is -2.87. The zero-order valence-electron chi connectivity index (χ0n) is 27.2. The molecule has 4 bridgehead atoms. The largest absolute Gasteiger partial charge is 0.493 e. The third-order valence-electron chi connectivity index (χ3n) is 10.4. The van der Waals surface area contributed by atoms with E-state index in [9.17, 15) is 4.79 Å². The zero-order valence-corrected chi connectivity index (χ0v) is 28.8. The third kappa shape index (κ3) is 7.93. The number of aromatic nitrogens is 2. The Labute approximate surface area is 276 Å². The molecule has 0 unspecified atom stereocenters. The quantitative estimate of drug-likeness (QED) is 0.156. The molecule has 4 aliphatic rings.